The Morgan fingerprint density at radius 2 is 2.36 bits per heavy atom. The fourth-order valence-corrected chi connectivity index (χ4v) is 5.34. The number of nitrogens with zero attached hydrogens (tertiary/aromatic N) is 1. The third kappa shape index (κ3) is 3.44. The standard InChI is InChI=1S/C17H17BrClN3O2S/c18-13-14-16(25-17(13)15-10(20)4-2-6-24-15)11(7-12(19)22-14)21-8-9-3-1-5-23-9/h1,3,5,7,10,15H,2,4,6,8,20H2,(H,21,22)/t10-,15-/m0/s1. The molecule has 0 bridgehead atoms. The monoisotopic (exact) mass is 441 g/mol. The smallest absolute Gasteiger partial charge is 0.131 e. The van der Waals surface area contributed by atoms with Gasteiger partial charge in [0.1, 0.15) is 17.0 Å². The van der Waals surface area contributed by atoms with Gasteiger partial charge in [-0.15, -0.1) is 11.3 Å². The van der Waals surface area contributed by atoms with Gasteiger partial charge in [0, 0.05) is 18.7 Å². The second-order valence-corrected chi connectivity index (χ2v) is 8.21. The fourth-order valence-electron chi connectivity index (χ4n) is 3.01. The van der Waals surface area contributed by atoms with Gasteiger partial charge in [0.15, 0.2) is 0 Å². The van der Waals surface area contributed by atoms with E-state index in [-0.39, 0.29) is 12.1 Å². The Hall–Kier alpha value is -1.12. The van der Waals surface area contributed by atoms with Crippen molar-refractivity contribution in [3.05, 3.63) is 44.7 Å². The van der Waals surface area contributed by atoms with Crippen molar-refractivity contribution in [1.82, 2.24) is 4.98 Å². The van der Waals surface area contributed by atoms with E-state index in [0.29, 0.717) is 11.7 Å². The molecule has 1 fully saturated rings. The highest BCUT2D eigenvalue weighted by Gasteiger charge is 2.29. The highest BCUT2D eigenvalue weighted by atomic mass is 79.9. The van der Waals surface area contributed by atoms with Crippen LogP contribution in [0.1, 0.15) is 29.6 Å². The van der Waals surface area contributed by atoms with Crippen molar-refractivity contribution in [2.24, 2.45) is 5.73 Å². The number of hydrogen-bond acceptors (Lipinski definition) is 6. The number of nitrogens with two attached hydrogens (primary N) is 1. The maximum Gasteiger partial charge on any atom is 0.131 e. The Morgan fingerprint density at radius 1 is 1.48 bits per heavy atom. The van der Waals surface area contributed by atoms with Crippen LogP contribution < -0.4 is 11.1 Å². The number of pyridine rings is 1. The predicted octanol–water partition coefficient (Wildman–Crippen LogP) is 5.10. The minimum atomic E-state index is -0.112. The van der Waals surface area contributed by atoms with E-state index in [4.69, 9.17) is 26.5 Å². The van der Waals surface area contributed by atoms with Crippen molar-refractivity contribution >= 4 is 54.8 Å². The molecule has 1 saturated heterocycles. The molecule has 1 aliphatic rings. The molecule has 0 spiro atoms. The molecule has 2 atom stereocenters. The predicted molar refractivity (Wildman–Crippen MR) is 104 cm³/mol. The van der Waals surface area contributed by atoms with Gasteiger partial charge in [-0.3, -0.25) is 0 Å². The molecule has 132 valence electrons. The molecule has 3 N–H and O–H groups in total. The third-order valence-corrected chi connectivity index (χ3v) is 6.77. The summed E-state index contributed by atoms with van der Waals surface area (Å²) in [5, 5.41) is 3.82. The van der Waals surface area contributed by atoms with Gasteiger partial charge in [-0.1, -0.05) is 11.6 Å². The summed E-state index contributed by atoms with van der Waals surface area (Å²) in [5.74, 6) is 0.856. The first-order valence-electron chi connectivity index (χ1n) is 8.05. The molecule has 8 heteroatoms. The molecule has 1 aliphatic heterocycles. The van der Waals surface area contributed by atoms with Crippen LogP contribution in [0.25, 0.3) is 10.2 Å². The highest BCUT2D eigenvalue weighted by molar-refractivity contribution is 9.10. The number of rotatable bonds is 4. The summed E-state index contributed by atoms with van der Waals surface area (Å²) in [7, 11) is 0. The largest absolute Gasteiger partial charge is 0.467 e. The summed E-state index contributed by atoms with van der Waals surface area (Å²) in [6.07, 6.45) is 3.51. The normalized spacial score (nSPS) is 20.9. The Labute approximate surface area is 162 Å². The molecule has 25 heavy (non-hydrogen) atoms. The van der Waals surface area contributed by atoms with E-state index >= 15 is 0 Å². The molecule has 4 rings (SSSR count). The van der Waals surface area contributed by atoms with Gasteiger partial charge < -0.3 is 20.2 Å². The molecule has 3 aromatic rings. The van der Waals surface area contributed by atoms with Crippen LogP contribution in [0.3, 0.4) is 0 Å². The maximum atomic E-state index is 6.28. The summed E-state index contributed by atoms with van der Waals surface area (Å²) in [5.41, 5.74) is 8.03. The van der Waals surface area contributed by atoms with Gasteiger partial charge in [-0.05, 0) is 40.9 Å². The van der Waals surface area contributed by atoms with Crippen molar-refractivity contribution < 1.29 is 9.15 Å². The van der Waals surface area contributed by atoms with Crippen LogP contribution in [0.15, 0.2) is 33.4 Å². The van der Waals surface area contributed by atoms with E-state index in [1.807, 2.05) is 18.2 Å². The van der Waals surface area contributed by atoms with Crippen LogP contribution in [-0.2, 0) is 11.3 Å². The minimum absolute atomic E-state index is 0.00638. The molecule has 0 aliphatic carbocycles. The highest BCUT2D eigenvalue weighted by Crippen LogP contribution is 2.45. The molecule has 3 aromatic heterocycles. The van der Waals surface area contributed by atoms with E-state index < -0.39 is 0 Å². The molecule has 5 nitrogen and oxygen atoms in total. The van der Waals surface area contributed by atoms with Crippen LogP contribution in [-0.4, -0.2) is 17.6 Å². The first-order valence-corrected chi connectivity index (χ1v) is 10.0. The van der Waals surface area contributed by atoms with Crippen molar-refractivity contribution in [3.8, 4) is 0 Å². The number of anilines is 1. The van der Waals surface area contributed by atoms with Gasteiger partial charge >= 0.3 is 0 Å². The van der Waals surface area contributed by atoms with Crippen LogP contribution >= 0.6 is 38.9 Å². The molecular weight excluding hydrogens is 426 g/mol. The third-order valence-electron chi connectivity index (χ3n) is 4.24. The lowest BCUT2D eigenvalue weighted by molar-refractivity contribution is 0.00202. The molecule has 0 aromatic carbocycles. The molecule has 4 heterocycles. The van der Waals surface area contributed by atoms with Gasteiger partial charge in [-0.25, -0.2) is 4.98 Å². The number of hydrogen-bond donors (Lipinski definition) is 2. The number of fused-ring (bicyclic) bond motifs is 1. The van der Waals surface area contributed by atoms with Gasteiger partial charge in [0.25, 0.3) is 0 Å². The lowest BCUT2D eigenvalue weighted by Crippen LogP contribution is -2.34. The number of nitrogens with one attached hydrogen (secondary N) is 1. The maximum absolute atomic E-state index is 6.28. The minimum Gasteiger partial charge on any atom is -0.467 e. The lowest BCUT2D eigenvalue weighted by atomic mass is 10.0. The zero-order chi connectivity index (χ0) is 17.4. The molecular formula is C17H17BrClN3O2S. The number of halogens is 2. The van der Waals surface area contributed by atoms with Gasteiger partial charge in [0.2, 0.25) is 0 Å². The van der Waals surface area contributed by atoms with Gasteiger partial charge in [0.05, 0.1) is 38.1 Å². The van der Waals surface area contributed by atoms with Crippen molar-refractivity contribution in [2.45, 2.75) is 31.5 Å². The number of thiophene rings is 1. The van der Waals surface area contributed by atoms with Crippen molar-refractivity contribution in [1.29, 1.82) is 0 Å². The van der Waals surface area contributed by atoms with Crippen molar-refractivity contribution in [2.75, 3.05) is 11.9 Å². The SMILES string of the molecule is N[C@H]1CCCO[C@@H]1c1sc2c(NCc3ccco3)cc(Cl)nc2c1Br. The Morgan fingerprint density at radius 3 is 3.12 bits per heavy atom. The van der Waals surface area contributed by atoms with Crippen LogP contribution in [0.5, 0.6) is 0 Å². The number of aromatic nitrogens is 1. The number of furan rings is 1. The molecule has 0 saturated carbocycles. The molecule has 0 unspecified atom stereocenters. The second-order valence-electron chi connectivity index (χ2n) is 5.98. The van der Waals surface area contributed by atoms with E-state index in [9.17, 15) is 0 Å². The summed E-state index contributed by atoms with van der Waals surface area (Å²) in [6, 6.07) is 5.63. The fraction of sp³-hybridized carbons (Fsp3) is 0.353. The van der Waals surface area contributed by atoms with E-state index in [1.165, 1.54) is 0 Å². The van der Waals surface area contributed by atoms with Crippen LogP contribution in [0, 0.1) is 0 Å². The summed E-state index contributed by atoms with van der Waals surface area (Å²) in [6.45, 7) is 1.31. The first-order chi connectivity index (χ1) is 12.1. The quantitative estimate of drug-likeness (QED) is 0.550. The van der Waals surface area contributed by atoms with E-state index in [2.05, 4.69) is 26.2 Å². The lowest BCUT2D eigenvalue weighted by Gasteiger charge is -2.28. The zero-order valence-electron chi connectivity index (χ0n) is 13.3. The van der Waals surface area contributed by atoms with Crippen LogP contribution in [0.4, 0.5) is 5.69 Å². The summed E-state index contributed by atoms with van der Waals surface area (Å²) < 4.78 is 13.3. The van der Waals surface area contributed by atoms with Crippen LogP contribution in [0.2, 0.25) is 5.15 Å². The first kappa shape index (κ1) is 17.3. The topological polar surface area (TPSA) is 73.3 Å². The molecule has 0 amide bonds. The average molecular weight is 443 g/mol. The summed E-state index contributed by atoms with van der Waals surface area (Å²) in [4.78, 5) is 5.56. The Kier molecular flexibility index (Phi) is 5.01. The van der Waals surface area contributed by atoms with Crippen molar-refractivity contribution in [3.63, 3.8) is 0 Å². The average Bonchev–Trinajstić information content (AvgIpc) is 3.22. The van der Waals surface area contributed by atoms with E-state index in [0.717, 1.165) is 50.5 Å². The van der Waals surface area contributed by atoms with E-state index in [1.54, 1.807) is 17.6 Å². The second kappa shape index (κ2) is 7.25. The summed E-state index contributed by atoms with van der Waals surface area (Å²) >= 11 is 11.6. The Bertz CT molecular complexity index is 884. The molecule has 0 radical (unpaired) electrons. The zero-order valence-corrected chi connectivity index (χ0v) is 16.5. The Balaban J connectivity index is 1.72. The number of ether oxygens (including phenoxy) is 1. The van der Waals surface area contributed by atoms with Gasteiger partial charge in [-0.2, -0.15) is 0 Å².